The number of imidazole rings is 3. The third-order valence-electron chi connectivity index (χ3n) is 24.8. The van der Waals surface area contributed by atoms with E-state index in [1.807, 2.05) is 59.7 Å². The first kappa shape index (κ1) is 72.8. The number of hydrogen-bond acceptors (Lipinski definition) is 9. The molecule has 0 aliphatic heterocycles. The Balaban J connectivity index is 0.000000103. The number of thiophene rings is 3. The van der Waals surface area contributed by atoms with Crippen molar-refractivity contribution in [2.24, 2.45) is 0 Å². The summed E-state index contributed by atoms with van der Waals surface area (Å²) in [4.78, 5) is 30.6. The Bertz CT molecular complexity index is 8240. The molecule has 27 aromatic rings. The van der Waals surface area contributed by atoms with Gasteiger partial charge in [-0.05, 0) is 126 Å². The van der Waals surface area contributed by atoms with Crippen LogP contribution in [-0.4, -0.2) is 43.6 Å². The molecule has 0 unspecified atom stereocenters. The molecule has 12 heteroatoms. The number of hydrogen-bond donors (Lipinski definition) is 0. The van der Waals surface area contributed by atoms with E-state index < -0.39 is 0 Å². The molecule has 126 heavy (non-hydrogen) atoms. The summed E-state index contributed by atoms with van der Waals surface area (Å²) < 4.78 is 13.4. The lowest BCUT2D eigenvalue weighted by Crippen LogP contribution is -1.98. The highest BCUT2D eigenvalue weighted by atomic mass is 32.1. The van der Waals surface area contributed by atoms with E-state index >= 15 is 0 Å². The van der Waals surface area contributed by atoms with Crippen LogP contribution in [0.15, 0.2) is 419 Å². The average molecular weight is 1660 g/mol. The maximum atomic E-state index is 5.38. The molecule has 9 aromatic heterocycles. The Morgan fingerprint density at radius 3 is 0.929 bits per heavy atom. The van der Waals surface area contributed by atoms with Crippen molar-refractivity contribution in [3.8, 4) is 84.6 Å². The van der Waals surface area contributed by atoms with Crippen molar-refractivity contribution in [2.45, 2.75) is 0 Å². The van der Waals surface area contributed by atoms with Gasteiger partial charge in [0.05, 0.1) is 37.8 Å². The molecule has 0 radical (unpaired) electrons. The highest BCUT2D eigenvalue weighted by molar-refractivity contribution is 7.27. The predicted octanol–water partition coefficient (Wildman–Crippen LogP) is 31.3. The Kier molecular flexibility index (Phi) is 17.3. The number of nitrogens with zero attached hydrogens (tertiary/aromatic N) is 9. The minimum atomic E-state index is 0.938. The molecule has 0 amide bonds. The van der Waals surface area contributed by atoms with Crippen molar-refractivity contribution in [3.05, 3.63) is 419 Å². The summed E-state index contributed by atoms with van der Waals surface area (Å²) in [6, 6.07) is 139. The highest BCUT2D eigenvalue weighted by Crippen LogP contribution is 2.48. The van der Waals surface area contributed by atoms with E-state index in [0.717, 1.165) is 89.2 Å². The molecule has 0 bridgehead atoms. The maximum absolute atomic E-state index is 5.38. The van der Waals surface area contributed by atoms with Crippen molar-refractivity contribution >= 4 is 192 Å². The fourth-order valence-electron chi connectivity index (χ4n) is 19.3. The van der Waals surface area contributed by atoms with Gasteiger partial charge >= 0.3 is 0 Å². The predicted molar refractivity (Wildman–Crippen MR) is 533 cm³/mol. The maximum Gasteiger partial charge on any atom is 0.145 e. The molecule has 0 spiro atoms. The normalized spacial score (nSPS) is 11.8. The zero-order valence-corrected chi connectivity index (χ0v) is 70.0. The summed E-state index contributed by atoms with van der Waals surface area (Å²) in [5.74, 6) is 2.82. The SMILES string of the molecule is c1ccc(-c2nc3c4ccccc4c4ccccc4c3n2-c2cccc(-c3cccc4c3sc3ccncc34)c2)cc1.c1ccc(-c2nc3c4ccccc4c4ccccc4c3n2-c2cccc(-c3cccc4c3sc3cnccc34)c2)cc1.c1ccc(-c2nc3c4ccccc4c4ccccc4c3n2-c2cccc(-c3cccc4c3sc3ncccc34)c2)cc1. The van der Waals surface area contributed by atoms with Crippen LogP contribution in [-0.2, 0) is 0 Å². The van der Waals surface area contributed by atoms with Crippen LogP contribution in [0.5, 0.6) is 0 Å². The van der Waals surface area contributed by atoms with Crippen molar-refractivity contribution in [1.82, 2.24) is 43.6 Å². The molecule has 9 nitrogen and oxygen atoms in total. The van der Waals surface area contributed by atoms with Crippen LogP contribution < -0.4 is 0 Å². The minimum Gasteiger partial charge on any atom is -0.292 e. The van der Waals surface area contributed by atoms with E-state index in [1.165, 1.54) is 154 Å². The quantitative estimate of drug-likeness (QED) is 0.134. The summed E-state index contributed by atoms with van der Waals surface area (Å²) in [5.41, 5.74) is 20.2. The van der Waals surface area contributed by atoms with E-state index in [2.05, 4.69) is 411 Å². The van der Waals surface area contributed by atoms with Gasteiger partial charge in [0.25, 0.3) is 0 Å². The first-order valence-electron chi connectivity index (χ1n) is 42.3. The Morgan fingerprint density at radius 1 is 0.198 bits per heavy atom. The molecule has 0 aliphatic rings. The Morgan fingerprint density at radius 2 is 0.508 bits per heavy atom. The van der Waals surface area contributed by atoms with Gasteiger partial charge in [-0.2, -0.15) is 0 Å². The van der Waals surface area contributed by atoms with Gasteiger partial charge in [-0.1, -0.05) is 328 Å². The second-order valence-corrected chi connectivity index (χ2v) is 35.0. The van der Waals surface area contributed by atoms with Crippen LogP contribution >= 0.6 is 34.0 Å². The molecule has 27 rings (SSSR count). The van der Waals surface area contributed by atoms with Gasteiger partial charge in [-0.25, -0.2) is 19.9 Å². The summed E-state index contributed by atoms with van der Waals surface area (Å²) >= 11 is 5.41. The van der Waals surface area contributed by atoms with E-state index in [1.54, 1.807) is 11.3 Å². The van der Waals surface area contributed by atoms with Gasteiger partial charge in [0.1, 0.15) is 22.3 Å². The molecular formula is C114H69N9S3. The molecule has 0 aliphatic carbocycles. The third-order valence-corrected chi connectivity index (χ3v) is 28.4. The van der Waals surface area contributed by atoms with Crippen LogP contribution in [0.25, 0.3) is 243 Å². The number of fused-ring (bicyclic) bond motifs is 27. The zero-order valence-electron chi connectivity index (χ0n) is 67.6. The summed E-state index contributed by atoms with van der Waals surface area (Å²) in [6.07, 6.45) is 9.58. The van der Waals surface area contributed by atoms with Crippen LogP contribution in [0.2, 0.25) is 0 Å². The van der Waals surface area contributed by atoms with Crippen LogP contribution in [0.3, 0.4) is 0 Å². The highest BCUT2D eigenvalue weighted by Gasteiger charge is 2.26. The number of aromatic nitrogens is 9. The first-order chi connectivity index (χ1) is 62.5. The largest absolute Gasteiger partial charge is 0.292 e. The van der Waals surface area contributed by atoms with Crippen molar-refractivity contribution in [2.75, 3.05) is 0 Å². The molecule has 0 N–H and O–H groups in total. The summed E-state index contributed by atoms with van der Waals surface area (Å²) in [5, 5.41) is 21.9. The summed E-state index contributed by atoms with van der Waals surface area (Å²) in [6.45, 7) is 0. The first-order valence-corrected chi connectivity index (χ1v) is 44.7. The van der Waals surface area contributed by atoms with E-state index in [4.69, 9.17) is 15.0 Å². The standard InChI is InChI=1S/3C38H23N3S/c1-2-11-24(12-3-1)37-40-34-30-17-6-4-15-28(30)29-16-5-7-18-31(29)35(34)41(37)26-14-8-13-25(23-26)27-19-9-20-32-33-21-10-22-39-38(33)42-36(27)32;1-2-10-24(11-3-1)38-40-35-31-16-6-4-14-28(31)29-15-5-7-17-32(29)36(35)41(38)26-13-8-12-25(22-26)27-18-9-19-33-30-20-21-39-23-34(30)42-37(27)33;1-2-10-24(11-3-1)38-40-35-30-16-6-4-14-28(30)29-15-5-7-17-31(29)36(35)41(38)26-13-8-12-25(22-26)27-18-9-19-32-33-23-39-21-20-34(33)42-37(27)32/h3*1-23H. The second kappa shape index (κ2) is 30.0. The second-order valence-electron chi connectivity index (χ2n) is 31.9. The van der Waals surface area contributed by atoms with Gasteiger partial charge in [0.15, 0.2) is 0 Å². The molecule has 0 saturated carbocycles. The average Bonchev–Trinajstić information content (AvgIpc) is 1.56. The molecule has 0 atom stereocenters. The zero-order chi connectivity index (χ0) is 82.9. The Labute approximate surface area is 734 Å². The lowest BCUT2D eigenvalue weighted by Gasteiger charge is -2.14. The van der Waals surface area contributed by atoms with Crippen LogP contribution in [0.1, 0.15) is 0 Å². The minimum absolute atomic E-state index is 0.938. The lowest BCUT2D eigenvalue weighted by molar-refractivity contribution is 1.11. The lowest BCUT2D eigenvalue weighted by atomic mass is 9.99. The fraction of sp³-hybridized carbons (Fsp3) is 0. The molecule has 18 aromatic carbocycles. The van der Waals surface area contributed by atoms with E-state index in [-0.39, 0.29) is 0 Å². The van der Waals surface area contributed by atoms with E-state index in [0.29, 0.717) is 0 Å². The van der Waals surface area contributed by atoms with Gasteiger partial charge in [0.2, 0.25) is 0 Å². The molecule has 588 valence electrons. The van der Waals surface area contributed by atoms with Gasteiger partial charge in [-0.15, -0.1) is 34.0 Å². The van der Waals surface area contributed by atoms with Gasteiger partial charge in [-0.3, -0.25) is 23.7 Å². The van der Waals surface area contributed by atoms with Crippen molar-refractivity contribution < 1.29 is 0 Å². The molecular weight excluding hydrogens is 1590 g/mol. The number of benzene rings is 18. The Hall–Kier alpha value is -16.0. The molecule has 0 fully saturated rings. The van der Waals surface area contributed by atoms with Gasteiger partial charge < -0.3 is 0 Å². The topological polar surface area (TPSA) is 92.1 Å². The van der Waals surface area contributed by atoms with Crippen LogP contribution in [0.4, 0.5) is 0 Å². The monoisotopic (exact) mass is 1660 g/mol. The van der Waals surface area contributed by atoms with E-state index in [9.17, 15) is 0 Å². The fourth-order valence-corrected chi connectivity index (χ4v) is 22.8. The van der Waals surface area contributed by atoms with Crippen molar-refractivity contribution in [1.29, 1.82) is 0 Å². The smallest absolute Gasteiger partial charge is 0.145 e. The van der Waals surface area contributed by atoms with Crippen molar-refractivity contribution in [3.63, 3.8) is 0 Å². The van der Waals surface area contributed by atoms with Gasteiger partial charge in [0, 0.05) is 148 Å². The molecule has 0 saturated heterocycles. The summed E-state index contributed by atoms with van der Waals surface area (Å²) in [7, 11) is 0. The third kappa shape index (κ3) is 11.9. The number of pyridine rings is 3. The molecule has 9 heterocycles. The van der Waals surface area contributed by atoms with Crippen LogP contribution in [0, 0.1) is 0 Å². The number of rotatable bonds is 9.